The molecule has 0 aliphatic rings. The molecule has 3 aromatic rings. The predicted octanol–water partition coefficient (Wildman–Crippen LogP) is 3.26. The molecular weight excluding hydrogens is 477 g/mol. The van der Waals surface area contributed by atoms with Gasteiger partial charge in [-0.3, -0.25) is 19.3 Å². The zero-order valence-electron chi connectivity index (χ0n) is 19.8. The van der Waals surface area contributed by atoms with Gasteiger partial charge in [-0.2, -0.15) is 13.2 Å². The summed E-state index contributed by atoms with van der Waals surface area (Å²) < 4.78 is 44.4. The summed E-state index contributed by atoms with van der Waals surface area (Å²) in [4.78, 5) is 38.4. The Kier molecular flexibility index (Phi) is 8.15. The van der Waals surface area contributed by atoms with Crippen LogP contribution in [0.2, 0.25) is 0 Å². The van der Waals surface area contributed by atoms with Crippen molar-refractivity contribution in [3.05, 3.63) is 83.1 Å². The minimum atomic E-state index is -4.54. The first-order valence-corrected chi connectivity index (χ1v) is 10.8. The van der Waals surface area contributed by atoms with Gasteiger partial charge in [0, 0.05) is 24.7 Å². The van der Waals surface area contributed by atoms with Gasteiger partial charge >= 0.3 is 6.18 Å². The summed E-state index contributed by atoms with van der Waals surface area (Å²) in [5.74, 6) is -1.22. The summed E-state index contributed by atoms with van der Waals surface area (Å²) >= 11 is 0. The van der Waals surface area contributed by atoms with Gasteiger partial charge < -0.3 is 20.4 Å². The number of alkyl halides is 3. The molecule has 3 amide bonds. The number of likely N-dealkylation sites (N-methyl/N-ethyl adjacent to an activating group) is 2. The fourth-order valence-electron chi connectivity index (χ4n) is 3.33. The molecule has 0 spiro atoms. The monoisotopic (exact) mass is 502 g/mol. The Morgan fingerprint density at radius 2 is 1.69 bits per heavy atom. The standard InChI is InChI=1S/C25H25F3N4O4/c1-29-24(35)21(32(2)3)31-23(34)20-11-10-19(36-20)16-7-4-6-15(12-16)14-30-22(33)17-8-5-9-18(13-17)25(26,27)28/h4-13,21H,14H2,1-3H3,(H,29,35)(H,30,33)(H,31,34)/t21-/m0/s1. The van der Waals surface area contributed by atoms with E-state index in [-0.39, 0.29) is 23.8 Å². The Bertz CT molecular complexity index is 1250. The molecule has 190 valence electrons. The molecule has 11 heteroatoms. The SMILES string of the molecule is CNC(=O)[C@@H](NC(=O)c1ccc(-c2cccc(CNC(=O)c3cccc(C(F)(F)F)c3)c2)o1)N(C)C. The van der Waals surface area contributed by atoms with E-state index < -0.39 is 29.7 Å². The number of hydrogen-bond acceptors (Lipinski definition) is 5. The van der Waals surface area contributed by atoms with Crippen molar-refractivity contribution >= 4 is 17.7 Å². The maximum Gasteiger partial charge on any atom is 0.416 e. The van der Waals surface area contributed by atoms with Crippen molar-refractivity contribution in [2.45, 2.75) is 18.9 Å². The van der Waals surface area contributed by atoms with Crippen molar-refractivity contribution in [3.8, 4) is 11.3 Å². The highest BCUT2D eigenvalue weighted by Crippen LogP contribution is 2.29. The summed E-state index contributed by atoms with van der Waals surface area (Å²) in [5, 5.41) is 7.66. The number of carbonyl (C=O) groups excluding carboxylic acids is 3. The van der Waals surface area contributed by atoms with Crippen LogP contribution in [0.15, 0.2) is 65.1 Å². The molecule has 3 N–H and O–H groups in total. The van der Waals surface area contributed by atoms with Crippen LogP contribution in [0, 0.1) is 0 Å². The van der Waals surface area contributed by atoms with E-state index in [0.717, 1.165) is 12.1 Å². The number of amides is 3. The fourth-order valence-corrected chi connectivity index (χ4v) is 3.33. The van der Waals surface area contributed by atoms with Gasteiger partial charge in [0.2, 0.25) is 0 Å². The van der Waals surface area contributed by atoms with Gasteiger partial charge in [0.25, 0.3) is 17.7 Å². The molecule has 0 aliphatic heterocycles. The summed E-state index contributed by atoms with van der Waals surface area (Å²) in [5.41, 5.74) is 0.287. The van der Waals surface area contributed by atoms with Gasteiger partial charge in [-0.15, -0.1) is 0 Å². The number of halogens is 3. The van der Waals surface area contributed by atoms with E-state index in [4.69, 9.17) is 4.42 Å². The Morgan fingerprint density at radius 1 is 0.972 bits per heavy atom. The van der Waals surface area contributed by atoms with Gasteiger partial charge in [-0.25, -0.2) is 0 Å². The smallest absolute Gasteiger partial charge is 0.416 e. The molecule has 0 saturated heterocycles. The number of nitrogens with zero attached hydrogens (tertiary/aromatic N) is 1. The summed E-state index contributed by atoms with van der Waals surface area (Å²) in [6.07, 6.45) is -5.43. The van der Waals surface area contributed by atoms with E-state index in [2.05, 4.69) is 16.0 Å². The molecule has 2 aromatic carbocycles. The van der Waals surface area contributed by atoms with Crippen LogP contribution in [0.5, 0.6) is 0 Å². The van der Waals surface area contributed by atoms with Crippen molar-refractivity contribution in [2.75, 3.05) is 21.1 Å². The first-order chi connectivity index (χ1) is 17.0. The quantitative estimate of drug-likeness (QED) is 0.411. The second-order valence-corrected chi connectivity index (χ2v) is 8.08. The highest BCUT2D eigenvalue weighted by Gasteiger charge is 2.31. The molecule has 3 rings (SSSR count). The number of carbonyl (C=O) groups is 3. The minimum absolute atomic E-state index is 0.00371. The van der Waals surface area contributed by atoms with Crippen molar-refractivity contribution in [2.24, 2.45) is 0 Å². The highest BCUT2D eigenvalue weighted by atomic mass is 19.4. The first-order valence-electron chi connectivity index (χ1n) is 10.8. The molecule has 0 radical (unpaired) electrons. The van der Waals surface area contributed by atoms with Gasteiger partial charge in [0.15, 0.2) is 11.9 Å². The molecule has 0 unspecified atom stereocenters. The van der Waals surface area contributed by atoms with Crippen LogP contribution in [0.1, 0.15) is 32.0 Å². The third-order valence-electron chi connectivity index (χ3n) is 5.23. The minimum Gasteiger partial charge on any atom is -0.451 e. The van der Waals surface area contributed by atoms with Gasteiger partial charge in [-0.1, -0.05) is 24.3 Å². The third kappa shape index (κ3) is 6.51. The molecule has 0 aliphatic carbocycles. The largest absolute Gasteiger partial charge is 0.451 e. The van der Waals surface area contributed by atoms with E-state index in [1.165, 1.54) is 30.1 Å². The fraction of sp³-hybridized carbons (Fsp3) is 0.240. The van der Waals surface area contributed by atoms with E-state index in [1.807, 2.05) is 0 Å². The molecule has 1 heterocycles. The Balaban J connectivity index is 1.68. The van der Waals surface area contributed by atoms with E-state index >= 15 is 0 Å². The number of rotatable bonds is 8. The maximum atomic E-state index is 12.9. The van der Waals surface area contributed by atoms with Crippen molar-refractivity contribution in [1.82, 2.24) is 20.9 Å². The molecular formula is C25H25F3N4O4. The van der Waals surface area contributed by atoms with E-state index in [0.29, 0.717) is 16.9 Å². The van der Waals surface area contributed by atoms with Crippen LogP contribution in [-0.2, 0) is 17.5 Å². The summed E-state index contributed by atoms with van der Waals surface area (Å²) in [6.45, 7) is 0.0631. The van der Waals surface area contributed by atoms with Crippen molar-refractivity contribution in [1.29, 1.82) is 0 Å². The molecule has 0 bridgehead atoms. The average molecular weight is 502 g/mol. The second kappa shape index (κ2) is 11.1. The Morgan fingerprint density at radius 3 is 2.36 bits per heavy atom. The maximum absolute atomic E-state index is 12.9. The van der Waals surface area contributed by atoms with Crippen LogP contribution in [0.4, 0.5) is 13.2 Å². The molecule has 0 fully saturated rings. The lowest BCUT2D eigenvalue weighted by Gasteiger charge is -2.23. The molecule has 1 aromatic heterocycles. The van der Waals surface area contributed by atoms with Gasteiger partial charge in [-0.05, 0) is 56.1 Å². The zero-order valence-corrected chi connectivity index (χ0v) is 19.8. The Hall–Kier alpha value is -4.12. The van der Waals surface area contributed by atoms with Crippen LogP contribution in [0.25, 0.3) is 11.3 Å². The predicted molar refractivity (Wildman–Crippen MR) is 126 cm³/mol. The number of nitrogens with one attached hydrogen (secondary N) is 3. The number of hydrogen-bond donors (Lipinski definition) is 3. The molecule has 0 saturated carbocycles. The summed E-state index contributed by atoms with van der Waals surface area (Å²) in [7, 11) is 4.75. The van der Waals surface area contributed by atoms with Crippen LogP contribution < -0.4 is 16.0 Å². The summed E-state index contributed by atoms with van der Waals surface area (Å²) in [6, 6.07) is 14.2. The van der Waals surface area contributed by atoms with Gasteiger partial charge in [0.05, 0.1) is 5.56 Å². The van der Waals surface area contributed by atoms with Gasteiger partial charge in [0.1, 0.15) is 5.76 Å². The van der Waals surface area contributed by atoms with Crippen LogP contribution in [0.3, 0.4) is 0 Å². The number of furan rings is 1. The Labute approximate surface area is 205 Å². The first kappa shape index (κ1) is 26.5. The lowest BCUT2D eigenvalue weighted by atomic mass is 10.1. The second-order valence-electron chi connectivity index (χ2n) is 8.08. The zero-order chi connectivity index (χ0) is 26.5. The number of benzene rings is 2. The highest BCUT2D eigenvalue weighted by molar-refractivity contribution is 5.96. The van der Waals surface area contributed by atoms with Crippen molar-refractivity contribution < 1.29 is 32.0 Å². The lowest BCUT2D eigenvalue weighted by molar-refractivity contribution is -0.137. The van der Waals surface area contributed by atoms with Crippen LogP contribution >= 0.6 is 0 Å². The van der Waals surface area contributed by atoms with Crippen LogP contribution in [-0.4, -0.2) is 49.9 Å². The van der Waals surface area contributed by atoms with Crippen molar-refractivity contribution in [3.63, 3.8) is 0 Å². The molecule has 36 heavy (non-hydrogen) atoms. The third-order valence-corrected chi connectivity index (χ3v) is 5.23. The topological polar surface area (TPSA) is 104 Å². The lowest BCUT2D eigenvalue weighted by Crippen LogP contribution is -2.53. The average Bonchev–Trinajstić information content (AvgIpc) is 3.35. The van der Waals surface area contributed by atoms with E-state index in [1.54, 1.807) is 44.4 Å². The normalized spacial score (nSPS) is 12.2. The van der Waals surface area contributed by atoms with E-state index in [9.17, 15) is 27.6 Å². The molecule has 8 nitrogen and oxygen atoms in total. The molecule has 1 atom stereocenters.